The number of aliphatic carboxylic acids is 1. The first-order valence-corrected chi connectivity index (χ1v) is 6.75. The maximum absolute atomic E-state index is 13.4. The van der Waals surface area contributed by atoms with Crippen LogP contribution >= 0.6 is 15.9 Å². The van der Waals surface area contributed by atoms with Crippen LogP contribution in [0.15, 0.2) is 27.1 Å². The molecule has 0 aliphatic carbocycles. The van der Waals surface area contributed by atoms with Gasteiger partial charge in [-0.05, 0) is 34.0 Å². The number of halogens is 2. The van der Waals surface area contributed by atoms with Gasteiger partial charge in [-0.3, -0.25) is 4.79 Å². The predicted molar refractivity (Wildman–Crippen MR) is 72.5 cm³/mol. The van der Waals surface area contributed by atoms with Gasteiger partial charge in [-0.1, -0.05) is 13.0 Å². The molecule has 0 spiro atoms. The average molecular weight is 343 g/mol. The molecule has 0 saturated carbocycles. The summed E-state index contributed by atoms with van der Waals surface area (Å²) in [5.74, 6) is -0.859. The van der Waals surface area contributed by atoms with Crippen LogP contribution in [0.25, 0.3) is 11.5 Å². The number of carboxylic acid groups (broad SMARTS) is 1. The van der Waals surface area contributed by atoms with Gasteiger partial charge in [0.2, 0.25) is 11.8 Å². The van der Waals surface area contributed by atoms with Crippen molar-refractivity contribution in [3.05, 3.63) is 34.4 Å². The van der Waals surface area contributed by atoms with Crippen molar-refractivity contribution in [3.8, 4) is 11.5 Å². The summed E-state index contributed by atoms with van der Waals surface area (Å²) in [5, 5.41) is 16.4. The van der Waals surface area contributed by atoms with Crippen molar-refractivity contribution in [1.29, 1.82) is 0 Å². The molecule has 7 heteroatoms. The van der Waals surface area contributed by atoms with Gasteiger partial charge in [0.15, 0.2) is 0 Å². The molecule has 5 nitrogen and oxygen atoms in total. The summed E-state index contributed by atoms with van der Waals surface area (Å²) in [4.78, 5) is 10.6. The second-order valence-corrected chi connectivity index (χ2v) is 5.30. The van der Waals surface area contributed by atoms with Crippen LogP contribution in [0, 0.1) is 11.7 Å². The maximum atomic E-state index is 13.4. The summed E-state index contributed by atoms with van der Waals surface area (Å²) in [5.41, 5.74) is 0.467. The largest absolute Gasteiger partial charge is 0.481 e. The minimum Gasteiger partial charge on any atom is -0.481 e. The standard InChI is InChI=1S/C13H12BrFN2O3/c1-7(6-11(18)19)5-10-16-17-13(20-10)8-3-2-4-9(15)12(8)14/h2-4,7H,5-6H2,1H3,(H,18,19). The molecule has 2 rings (SSSR count). The van der Waals surface area contributed by atoms with E-state index in [1.54, 1.807) is 19.1 Å². The Morgan fingerprint density at radius 3 is 2.95 bits per heavy atom. The van der Waals surface area contributed by atoms with Crippen LogP contribution in [0.1, 0.15) is 19.2 Å². The first-order valence-electron chi connectivity index (χ1n) is 5.96. The quantitative estimate of drug-likeness (QED) is 0.902. The lowest BCUT2D eigenvalue weighted by atomic mass is 10.0. The molecular weight excluding hydrogens is 331 g/mol. The molecule has 2 aromatic rings. The van der Waals surface area contributed by atoms with Crippen molar-refractivity contribution in [3.63, 3.8) is 0 Å². The van der Waals surface area contributed by atoms with Crippen molar-refractivity contribution in [2.24, 2.45) is 5.92 Å². The van der Waals surface area contributed by atoms with Crippen molar-refractivity contribution in [1.82, 2.24) is 10.2 Å². The second-order valence-electron chi connectivity index (χ2n) is 4.51. The van der Waals surface area contributed by atoms with Gasteiger partial charge in [-0.15, -0.1) is 10.2 Å². The number of nitrogens with zero attached hydrogens (tertiary/aromatic N) is 2. The summed E-state index contributed by atoms with van der Waals surface area (Å²) < 4.78 is 19.1. The SMILES string of the molecule is CC(CC(=O)O)Cc1nnc(-c2cccc(F)c2Br)o1. The van der Waals surface area contributed by atoms with Crippen LogP contribution in [-0.4, -0.2) is 21.3 Å². The van der Waals surface area contributed by atoms with Crippen molar-refractivity contribution < 1.29 is 18.7 Å². The van der Waals surface area contributed by atoms with Crippen molar-refractivity contribution in [2.75, 3.05) is 0 Å². The maximum Gasteiger partial charge on any atom is 0.303 e. The van der Waals surface area contributed by atoms with Gasteiger partial charge in [-0.25, -0.2) is 4.39 Å². The highest BCUT2D eigenvalue weighted by Crippen LogP contribution is 2.29. The topological polar surface area (TPSA) is 76.2 Å². The Bertz CT molecular complexity index is 630. The predicted octanol–water partition coefficient (Wildman–Crippen LogP) is 3.29. The van der Waals surface area contributed by atoms with E-state index in [1.165, 1.54) is 6.07 Å². The van der Waals surface area contributed by atoms with Gasteiger partial charge in [0.1, 0.15) is 5.82 Å². The molecule has 0 amide bonds. The fourth-order valence-corrected chi connectivity index (χ4v) is 2.22. The van der Waals surface area contributed by atoms with Gasteiger partial charge in [0.25, 0.3) is 0 Å². The van der Waals surface area contributed by atoms with Crippen LogP contribution in [-0.2, 0) is 11.2 Å². The Kier molecular flexibility index (Phi) is 4.49. The third-order valence-electron chi connectivity index (χ3n) is 2.70. The Hall–Kier alpha value is -1.76. The van der Waals surface area contributed by atoms with Gasteiger partial charge < -0.3 is 9.52 Å². The number of aromatic nitrogens is 2. The molecule has 0 aliphatic rings. The van der Waals surface area contributed by atoms with Crippen LogP contribution in [0.2, 0.25) is 0 Å². The average Bonchev–Trinajstić information content (AvgIpc) is 2.79. The van der Waals surface area contributed by atoms with Crippen LogP contribution < -0.4 is 0 Å². The van der Waals surface area contributed by atoms with Crippen molar-refractivity contribution >= 4 is 21.9 Å². The molecule has 1 N–H and O–H groups in total. The van der Waals surface area contributed by atoms with Gasteiger partial charge in [0, 0.05) is 12.8 Å². The van der Waals surface area contributed by atoms with Gasteiger partial charge in [0.05, 0.1) is 10.0 Å². The lowest BCUT2D eigenvalue weighted by Crippen LogP contribution is -2.07. The van der Waals surface area contributed by atoms with E-state index in [9.17, 15) is 9.18 Å². The molecule has 0 saturated heterocycles. The monoisotopic (exact) mass is 342 g/mol. The molecule has 0 fully saturated rings. The van der Waals surface area contributed by atoms with E-state index in [-0.39, 0.29) is 22.7 Å². The molecular formula is C13H12BrFN2O3. The van der Waals surface area contributed by atoms with E-state index in [0.717, 1.165) is 0 Å². The summed E-state index contributed by atoms with van der Waals surface area (Å²) in [6, 6.07) is 4.53. The van der Waals surface area contributed by atoms with E-state index in [4.69, 9.17) is 9.52 Å². The van der Waals surface area contributed by atoms with E-state index in [1.807, 2.05) is 0 Å². The van der Waals surface area contributed by atoms with Crippen LogP contribution in [0.5, 0.6) is 0 Å². The molecule has 1 unspecified atom stereocenters. The molecule has 1 aromatic heterocycles. The zero-order valence-electron chi connectivity index (χ0n) is 10.6. The Morgan fingerprint density at radius 2 is 2.25 bits per heavy atom. The highest BCUT2D eigenvalue weighted by Gasteiger charge is 2.16. The van der Waals surface area contributed by atoms with Gasteiger partial charge >= 0.3 is 5.97 Å². The number of rotatable bonds is 5. The Balaban J connectivity index is 2.17. The highest BCUT2D eigenvalue weighted by molar-refractivity contribution is 9.10. The number of carboxylic acids is 1. The normalized spacial score (nSPS) is 12.3. The fourth-order valence-electron chi connectivity index (χ4n) is 1.78. The van der Waals surface area contributed by atoms with E-state index in [0.29, 0.717) is 17.9 Å². The smallest absolute Gasteiger partial charge is 0.303 e. The molecule has 20 heavy (non-hydrogen) atoms. The zero-order chi connectivity index (χ0) is 14.7. The second kappa shape index (κ2) is 6.13. The number of hydrogen-bond donors (Lipinski definition) is 1. The summed E-state index contributed by atoms with van der Waals surface area (Å²) in [6.45, 7) is 1.79. The third kappa shape index (κ3) is 3.41. The highest BCUT2D eigenvalue weighted by atomic mass is 79.9. The third-order valence-corrected chi connectivity index (χ3v) is 3.50. The lowest BCUT2D eigenvalue weighted by Gasteiger charge is -2.04. The molecule has 0 aliphatic heterocycles. The number of hydrogen-bond acceptors (Lipinski definition) is 4. The van der Waals surface area contributed by atoms with E-state index >= 15 is 0 Å². The summed E-state index contributed by atoms with van der Waals surface area (Å²) in [7, 11) is 0. The Morgan fingerprint density at radius 1 is 1.50 bits per heavy atom. The minimum atomic E-state index is -0.870. The van der Waals surface area contributed by atoms with Crippen molar-refractivity contribution in [2.45, 2.75) is 19.8 Å². The first-order chi connectivity index (χ1) is 9.47. The summed E-state index contributed by atoms with van der Waals surface area (Å²) >= 11 is 3.13. The van der Waals surface area contributed by atoms with Crippen LogP contribution in [0.4, 0.5) is 4.39 Å². The van der Waals surface area contributed by atoms with Gasteiger partial charge in [-0.2, -0.15) is 0 Å². The number of carbonyl (C=O) groups is 1. The van der Waals surface area contributed by atoms with E-state index < -0.39 is 11.8 Å². The lowest BCUT2D eigenvalue weighted by molar-refractivity contribution is -0.137. The first kappa shape index (κ1) is 14.6. The zero-order valence-corrected chi connectivity index (χ0v) is 12.2. The number of benzene rings is 1. The molecule has 0 bridgehead atoms. The molecule has 0 radical (unpaired) electrons. The molecule has 1 aromatic carbocycles. The van der Waals surface area contributed by atoms with E-state index in [2.05, 4.69) is 26.1 Å². The molecule has 1 atom stereocenters. The fraction of sp³-hybridized carbons (Fsp3) is 0.308. The van der Waals surface area contributed by atoms with Crippen LogP contribution in [0.3, 0.4) is 0 Å². The summed E-state index contributed by atoms with van der Waals surface area (Å²) in [6.07, 6.45) is 0.396. The molecule has 1 heterocycles. The molecule has 106 valence electrons. The minimum absolute atomic E-state index is 0.0291. The Labute approximate surface area is 123 Å².